The minimum atomic E-state index is -5.55. The fraction of sp³-hybridized carbons (Fsp3) is 0.0233. The Hall–Kier alpha value is -5.03. The summed E-state index contributed by atoms with van der Waals surface area (Å²) in [5.41, 5.74) is -0.369. The van der Waals surface area contributed by atoms with Gasteiger partial charge in [-0.15, -0.1) is 0 Å². The van der Waals surface area contributed by atoms with Gasteiger partial charge in [0.15, 0.2) is 16.1 Å². The molecule has 0 unspecified atom stereocenters. The summed E-state index contributed by atoms with van der Waals surface area (Å²) in [7, 11) is -11.1. The quantitative estimate of drug-likeness (QED) is 0.168. The highest BCUT2D eigenvalue weighted by atomic mass is 28.3. The second-order valence-corrected chi connectivity index (χ2v) is 17.1. The van der Waals surface area contributed by atoms with Crippen LogP contribution in [0.5, 0.6) is 0 Å². The van der Waals surface area contributed by atoms with E-state index in [1.54, 1.807) is 0 Å². The van der Waals surface area contributed by atoms with Crippen LogP contribution in [0.4, 0.5) is 0 Å². The fourth-order valence-electron chi connectivity index (χ4n) is 5.71. The molecule has 0 aliphatic carbocycles. The van der Waals surface area contributed by atoms with Crippen LogP contribution in [0.15, 0.2) is 200 Å². The Bertz CT molecular complexity index is 2820. The summed E-state index contributed by atoms with van der Waals surface area (Å²) in [5, 5.41) is -4.13. The first kappa shape index (κ1) is 12.8. The van der Waals surface area contributed by atoms with Crippen molar-refractivity contribution < 1.29 is 31.5 Å². The maximum absolute atomic E-state index is 10.7. The molecule has 0 nitrogen and oxygen atoms in total. The van der Waals surface area contributed by atoms with Gasteiger partial charge in [0.05, 0.1) is 31.5 Å². The summed E-state index contributed by atoms with van der Waals surface area (Å²) in [6.45, 7) is 1.24. The summed E-state index contributed by atoms with van der Waals surface area (Å²) >= 11 is 0. The van der Waals surface area contributed by atoms with E-state index < -0.39 is 186 Å². The van der Waals surface area contributed by atoms with Crippen LogP contribution in [0.2, 0.25) is 0 Å². The lowest BCUT2D eigenvalue weighted by Crippen LogP contribution is -2.78. The van der Waals surface area contributed by atoms with Gasteiger partial charge >= 0.3 is 0 Å². The van der Waals surface area contributed by atoms with Crippen molar-refractivity contribution in [2.45, 2.75) is 6.92 Å². The van der Waals surface area contributed by atoms with Crippen molar-refractivity contribution in [1.82, 2.24) is 0 Å². The van der Waals surface area contributed by atoms with Gasteiger partial charge in [-0.1, -0.05) is 205 Å². The molecule has 0 aromatic heterocycles. The van der Waals surface area contributed by atoms with E-state index in [-0.39, 0.29) is 15.9 Å². The van der Waals surface area contributed by atoms with Gasteiger partial charge in [-0.3, -0.25) is 0 Å². The minimum Gasteiger partial charge on any atom is -0.0623 e. The Morgan fingerprint density at radius 2 is 0.622 bits per heavy atom. The monoisotopic (exact) mass is 631 g/mol. The third-order valence-electron chi connectivity index (χ3n) is 7.54. The molecule has 0 amide bonds. The lowest BCUT2D eigenvalue weighted by molar-refractivity contribution is 1.50. The molecule has 0 N–H and O–H groups in total. The van der Waals surface area contributed by atoms with E-state index in [4.69, 9.17) is 16.4 Å². The zero-order chi connectivity index (χ0) is 50.5. The van der Waals surface area contributed by atoms with Crippen molar-refractivity contribution in [3.05, 3.63) is 205 Å². The molecule has 0 aliphatic heterocycles. The highest BCUT2D eigenvalue weighted by Gasteiger charge is 2.45. The van der Waals surface area contributed by atoms with Crippen molar-refractivity contribution in [2.75, 3.05) is 0 Å². The van der Waals surface area contributed by atoms with Gasteiger partial charge in [-0.2, -0.15) is 0 Å². The molecule has 45 heavy (non-hydrogen) atoms. The standard InChI is InChI=1S/C43H36Si2/c1-35-32-42(44(36-20-8-2-9-21-36,37-22-10-3-11-23-37)38-24-12-4-13-25-38)34-43(33-35)45(39-26-14-5-15-27-39,40-28-16-6-17-29-40)41-30-18-7-19-31-41/h2-34H,1H3/i2D,3D,5D,6D,8D,9D,10D,11D,14D,15D,16D,17D,20D,21D,22D,23D,26D,27D,28D,29D,32D,33D,34D. The van der Waals surface area contributed by atoms with Gasteiger partial charge in [0.25, 0.3) is 0 Å². The maximum Gasteiger partial charge on any atom is 0.179 e. The molecule has 0 spiro atoms. The van der Waals surface area contributed by atoms with Crippen LogP contribution in [0, 0.1) is 6.92 Å². The summed E-state index contributed by atoms with van der Waals surface area (Å²) < 4.78 is 213. The van der Waals surface area contributed by atoms with Gasteiger partial charge < -0.3 is 0 Å². The average molecular weight is 632 g/mol. The molecule has 0 radical (unpaired) electrons. The highest BCUT2D eigenvalue weighted by molar-refractivity contribution is 7.22. The predicted molar refractivity (Wildman–Crippen MR) is 198 cm³/mol. The Morgan fingerprint density at radius 3 is 0.911 bits per heavy atom. The normalized spacial score (nSPS) is 18.8. The van der Waals surface area contributed by atoms with Crippen LogP contribution in [-0.4, -0.2) is 16.1 Å². The van der Waals surface area contributed by atoms with Crippen molar-refractivity contribution in [3.8, 4) is 0 Å². The van der Waals surface area contributed by atoms with Crippen molar-refractivity contribution in [3.63, 3.8) is 0 Å². The van der Waals surface area contributed by atoms with Crippen LogP contribution in [0.3, 0.4) is 0 Å². The van der Waals surface area contributed by atoms with Crippen LogP contribution >= 0.6 is 0 Å². The third-order valence-corrected chi connectivity index (χ3v) is 15.9. The molecule has 0 heterocycles. The first-order valence-corrected chi connectivity index (χ1v) is 17.8. The number of rotatable bonds is 8. The summed E-state index contributed by atoms with van der Waals surface area (Å²) in [6.07, 6.45) is 0. The fourth-order valence-corrected chi connectivity index (χ4v) is 13.8. The van der Waals surface area contributed by atoms with E-state index in [2.05, 4.69) is 0 Å². The molecule has 0 saturated carbocycles. The zero-order valence-electron chi connectivity index (χ0n) is 46.8. The first-order chi connectivity index (χ1) is 31.8. The second-order valence-electron chi connectivity index (χ2n) is 9.98. The first-order valence-electron chi connectivity index (χ1n) is 25.3. The minimum absolute atomic E-state index is 0.0836. The second kappa shape index (κ2) is 12.5. The van der Waals surface area contributed by atoms with E-state index in [1.807, 2.05) is 0 Å². The molecule has 7 rings (SSSR count). The smallest absolute Gasteiger partial charge is 0.0623 e. The number of hydrogen-bond acceptors (Lipinski definition) is 0. The molecule has 0 atom stereocenters. The van der Waals surface area contributed by atoms with Gasteiger partial charge in [0.2, 0.25) is 0 Å². The van der Waals surface area contributed by atoms with Crippen molar-refractivity contribution in [2.24, 2.45) is 0 Å². The van der Waals surface area contributed by atoms with Gasteiger partial charge in [-0.25, -0.2) is 0 Å². The Balaban J connectivity index is 1.99. The van der Waals surface area contributed by atoms with Crippen molar-refractivity contribution >= 4 is 57.6 Å². The van der Waals surface area contributed by atoms with E-state index in [9.17, 15) is 15.1 Å². The molecule has 216 valence electrons. The molecule has 0 aliphatic rings. The van der Waals surface area contributed by atoms with Crippen LogP contribution in [0.1, 0.15) is 37.1 Å². The molecule has 0 saturated heterocycles. The number of benzene rings is 7. The molecule has 0 bridgehead atoms. The molecule has 0 fully saturated rings. The molecule has 2 heteroatoms. The van der Waals surface area contributed by atoms with E-state index >= 15 is 0 Å². The molecule has 7 aromatic rings. The zero-order valence-corrected chi connectivity index (χ0v) is 25.8. The topological polar surface area (TPSA) is 0 Å². The Kier molecular flexibility index (Phi) is 3.55. The van der Waals surface area contributed by atoms with Gasteiger partial charge in [0.1, 0.15) is 0 Å². The third kappa shape index (κ3) is 5.02. The molecular formula is C43H36Si2. The lowest BCUT2D eigenvalue weighted by Gasteiger charge is -2.38. The highest BCUT2D eigenvalue weighted by Crippen LogP contribution is 2.14. The summed E-state index contributed by atoms with van der Waals surface area (Å²) in [6, 6.07) is -6.55. The Labute approximate surface area is 301 Å². The van der Waals surface area contributed by atoms with Crippen LogP contribution < -0.4 is 41.5 Å². The van der Waals surface area contributed by atoms with E-state index in [0.717, 1.165) is 0 Å². The molecule has 7 aromatic carbocycles. The SMILES string of the molecule is [2H]c1c([2H])c([2H])c([Si](c2ccccc2)(c2c([2H])c([2H])c([2H])c([2H])c2[2H])c2c([2H])c(C)c([2H])c([Si](c3ccccc3)(c3c([2H])c([2H])c([2H])c([2H])c3[2H])c3c([2H])c([2H])c([2H])c([2H])c3[2H])c2[2H])c([2H])c1[2H]. The average Bonchev–Trinajstić information content (AvgIpc) is 3.33. The van der Waals surface area contributed by atoms with E-state index in [0.29, 0.717) is 0 Å². The molecular weight excluding hydrogens is 573 g/mol. The maximum atomic E-state index is 10.7. The largest absolute Gasteiger partial charge is 0.179 e. The summed E-state index contributed by atoms with van der Waals surface area (Å²) in [5.74, 6) is 0. The van der Waals surface area contributed by atoms with E-state index in [1.165, 1.54) is 67.6 Å². The Morgan fingerprint density at radius 1 is 0.333 bits per heavy atom. The van der Waals surface area contributed by atoms with Crippen LogP contribution in [-0.2, 0) is 0 Å². The van der Waals surface area contributed by atoms with Crippen molar-refractivity contribution in [1.29, 1.82) is 0 Å². The van der Waals surface area contributed by atoms with Gasteiger partial charge in [0, 0.05) is 0 Å². The predicted octanol–water partition coefficient (Wildman–Crippen LogP) is 4.75. The lowest BCUT2D eigenvalue weighted by atomic mass is 10.2. The van der Waals surface area contributed by atoms with Gasteiger partial charge in [-0.05, 0) is 48.4 Å². The van der Waals surface area contributed by atoms with Crippen LogP contribution in [0.25, 0.3) is 0 Å². The number of hydrogen-bond donors (Lipinski definition) is 0. The summed E-state index contributed by atoms with van der Waals surface area (Å²) in [4.78, 5) is 0.